The molecule has 8 nitrogen and oxygen atoms in total. The molecule has 3 rings (SSSR count). The zero-order chi connectivity index (χ0) is 19.4. The smallest absolute Gasteiger partial charge is 0.260 e. The summed E-state index contributed by atoms with van der Waals surface area (Å²) in [5.41, 5.74) is 0. The molecule has 10 heteroatoms. The standard InChI is InChI=1S/C17H21FN4O4S/c1-20-12-14(11-19-20)27(24,25)22-8-4-7-21(9-10-22)17(23)13-26-16-6-3-2-5-15(16)18/h2-3,5-6,11-12H,4,7-10,13H2,1H3. The Morgan fingerprint density at radius 1 is 1.22 bits per heavy atom. The molecule has 1 aromatic carbocycles. The number of halogens is 1. The Hall–Kier alpha value is -2.46. The van der Waals surface area contributed by atoms with Crippen molar-refractivity contribution in [2.24, 2.45) is 7.05 Å². The number of hydrogen-bond acceptors (Lipinski definition) is 5. The number of carbonyl (C=O) groups excluding carboxylic acids is 1. The van der Waals surface area contributed by atoms with Crippen molar-refractivity contribution in [1.29, 1.82) is 0 Å². The van der Waals surface area contributed by atoms with Gasteiger partial charge in [0, 0.05) is 39.4 Å². The van der Waals surface area contributed by atoms with E-state index in [1.807, 2.05) is 0 Å². The summed E-state index contributed by atoms with van der Waals surface area (Å²) in [6, 6.07) is 5.87. The summed E-state index contributed by atoms with van der Waals surface area (Å²) < 4.78 is 47.0. The molecule has 1 aliphatic heterocycles. The van der Waals surface area contributed by atoms with Gasteiger partial charge in [-0.15, -0.1) is 0 Å². The van der Waals surface area contributed by atoms with Gasteiger partial charge in [-0.25, -0.2) is 12.8 Å². The molecule has 0 saturated carbocycles. The van der Waals surface area contributed by atoms with Gasteiger partial charge in [0.2, 0.25) is 10.0 Å². The molecule has 1 amide bonds. The van der Waals surface area contributed by atoms with E-state index in [2.05, 4.69) is 5.10 Å². The maximum Gasteiger partial charge on any atom is 0.260 e. The van der Waals surface area contributed by atoms with Crippen molar-refractivity contribution in [2.45, 2.75) is 11.3 Å². The summed E-state index contributed by atoms with van der Waals surface area (Å²) in [5, 5.41) is 3.90. The highest BCUT2D eigenvalue weighted by molar-refractivity contribution is 7.89. The van der Waals surface area contributed by atoms with Crippen molar-refractivity contribution in [3.05, 3.63) is 42.5 Å². The normalized spacial score (nSPS) is 16.1. The Bertz CT molecular complexity index is 915. The Labute approximate surface area is 157 Å². The van der Waals surface area contributed by atoms with Crippen LogP contribution in [0.2, 0.25) is 0 Å². The molecule has 1 aliphatic rings. The zero-order valence-electron chi connectivity index (χ0n) is 14.9. The first kappa shape index (κ1) is 19.3. The van der Waals surface area contributed by atoms with E-state index in [-0.39, 0.29) is 36.2 Å². The second-order valence-corrected chi connectivity index (χ2v) is 8.15. The van der Waals surface area contributed by atoms with E-state index in [9.17, 15) is 17.6 Å². The van der Waals surface area contributed by atoms with Crippen LogP contribution in [0.25, 0.3) is 0 Å². The number of hydrogen-bond donors (Lipinski definition) is 0. The van der Waals surface area contributed by atoms with Gasteiger partial charge in [-0.3, -0.25) is 9.48 Å². The number of aromatic nitrogens is 2. The van der Waals surface area contributed by atoms with Gasteiger partial charge < -0.3 is 9.64 Å². The second kappa shape index (κ2) is 8.05. The molecule has 1 aromatic heterocycles. The van der Waals surface area contributed by atoms with Crippen LogP contribution < -0.4 is 4.74 Å². The lowest BCUT2D eigenvalue weighted by Crippen LogP contribution is -2.39. The van der Waals surface area contributed by atoms with E-state index in [0.29, 0.717) is 19.5 Å². The lowest BCUT2D eigenvalue weighted by Gasteiger charge is -2.21. The third-order valence-electron chi connectivity index (χ3n) is 4.31. The maximum absolute atomic E-state index is 13.6. The molecule has 1 fully saturated rings. The van der Waals surface area contributed by atoms with Gasteiger partial charge in [-0.2, -0.15) is 9.40 Å². The Balaban J connectivity index is 1.59. The molecular formula is C17H21FN4O4S. The van der Waals surface area contributed by atoms with Crippen LogP contribution in [0.5, 0.6) is 5.75 Å². The quantitative estimate of drug-likeness (QED) is 0.749. The molecule has 146 valence electrons. The average molecular weight is 396 g/mol. The minimum atomic E-state index is -3.64. The first-order valence-electron chi connectivity index (χ1n) is 8.52. The highest BCUT2D eigenvalue weighted by Crippen LogP contribution is 2.18. The van der Waals surface area contributed by atoms with Crippen molar-refractivity contribution < 1.29 is 22.3 Å². The molecular weight excluding hydrogens is 375 g/mol. The van der Waals surface area contributed by atoms with Crippen LogP contribution in [-0.4, -0.2) is 66.1 Å². The van der Waals surface area contributed by atoms with Crippen molar-refractivity contribution >= 4 is 15.9 Å². The van der Waals surface area contributed by atoms with E-state index >= 15 is 0 Å². The van der Waals surface area contributed by atoms with Crippen molar-refractivity contribution in [2.75, 3.05) is 32.8 Å². The third kappa shape index (κ3) is 4.45. The molecule has 0 atom stereocenters. The zero-order valence-corrected chi connectivity index (χ0v) is 15.7. The number of amides is 1. The maximum atomic E-state index is 13.6. The number of ether oxygens (including phenoxy) is 1. The molecule has 2 aromatic rings. The predicted molar refractivity (Wildman–Crippen MR) is 95.1 cm³/mol. The number of rotatable bonds is 5. The summed E-state index contributed by atoms with van der Waals surface area (Å²) >= 11 is 0. The molecule has 2 heterocycles. The van der Waals surface area contributed by atoms with Gasteiger partial charge in [-0.05, 0) is 18.6 Å². The molecule has 1 saturated heterocycles. The number of aryl methyl sites for hydroxylation is 1. The van der Waals surface area contributed by atoms with E-state index in [0.717, 1.165) is 0 Å². The lowest BCUT2D eigenvalue weighted by atomic mass is 10.3. The van der Waals surface area contributed by atoms with E-state index < -0.39 is 15.8 Å². The average Bonchev–Trinajstić information content (AvgIpc) is 2.93. The minimum Gasteiger partial charge on any atom is -0.481 e. The van der Waals surface area contributed by atoms with Crippen LogP contribution in [0, 0.1) is 5.82 Å². The molecule has 0 N–H and O–H groups in total. The number of sulfonamides is 1. The first-order chi connectivity index (χ1) is 12.9. The van der Waals surface area contributed by atoms with Gasteiger partial charge in [0.15, 0.2) is 18.2 Å². The van der Waals surface area contributed by atoms with Gasteiger partial charge in [0.25, 0.3) is 5.91 Å². The monoisotopic (exact) mass is 396 g/mol. The fourth-order valence-electron chi connectivity index (χ4n) is 2.86. The molecule has 0 bridgehead atoms. The fraction of sp³-hybridized carbons (Fsp3) is 0.412. The molecule has 0 radical (unpaired) electrons. The first-order valence-corrected chi connectivity index (χ1v) is 9.96. The molecule has 0 spiro atoms. The van der Waals surface area contributed by atoms with Crippen LogP contribution in [0.3, 0.4) is 0 Å². The van der Waals surface area contributed by atoms with E-state index in [4.69, 9.17) is 4.74 Å². The van der Waals surface area contributed by atoms with Crippen LogP contribution >= 0.6 is 0 Å². The number of para-hydroxylation sites is 1. The summed E-state index contributed by atoms with van der Waals surface area (Å²) in [5.74, 6) is -0.824. The number of benzene rings is 1. The van der Waals surface area contributed by atoms with Crippen molar-refractivity contribution in [1.82, 2.24) is 19.0 Å². The van der Waals surface area contributed by atoms with E-state index in [1.165, 1.54) is 39.6 Å². The van der Waals surface area contributed by atoms with E-state index in [1.54, 1.807) is 18.0 Å². The predicted octanol–water partition coefficient (Wildman–Crippen LogP) is 0.861. The molecule has 0 unspecified atom stereocenters. The van der Waals surface area contributed by atoms with Gasteiger partial charge >= 0.3 is 0 Å². The summed E-state index contributed by atoms with van der Waals surface area (Å²) in [4.78, 5) is 14.0. The topological polar surface area (TPSA) is 84.7 Å². The Kier molecular flexibility index (Phi) is 5.76. The van der Waals surface area contributed by atoms with Crippen LogP contribution in [0.15, 0.2) is 41.6 Å². The number of carbonyl (C=O) groups is 1. The van der Waals surface area contributed by atoms with Gasteiger partial charge in [-0.1, -0.05) is 12.1 Å². The Morgan fingerprint density at radius 3 is 2.70 bits per heavy atom. The molecule has 27 heavy (non-hydrogen) atoms. The summed E-state index contributed by atoms with van der Waals surface area (Å²) in [6.07, 6.45) is 3.27. The van der Waals surface area contributed by atoms with Gasteiger partial charge in [0.05, 0.1) is 6.20 Å². The highest BCUT2D eigenvalue weighted by atomic mass is 32.2. The SMILES string of the molecule is Cn1cc(S(=O)(=O)N2CCCN(C(=O)COc3ccccc3F)CC2)cn1. The van der Waals surface area contributed by atoms with Crippen molar-refractivity contribution in [3.8, 4) is 5.75 Å². The second-order valence-electron chi connectivity index (χ2n) is 6.21. The van der Waals surface area contributed by atoms with Gasteiger partial charge in [0.1, 0.15) is 4.90 Å². The van der Waals surface area contributed by atoms with Crippen LogP contribution in [-0.2, 0) is 21.9 Å². The highest BCUT2D eigenvalue weighted by Gasteiger charge is 2.29. The summed E-state index contributed by atoms with van der Waals surface area (Å²) in [6.45, 7) is 0.867. The summed E-state index contributed by atoms with van der Waals surface area (Å²) in [7, 11) is -1.99. The van der Waals surface area contributed by atoms with Crippen LogP contribution in [0.4, 0.5) is 4.39 Å². The lowest BCUT2D eigenvalue weighted by molar-refractivity contribution is -0.133. The largest absolute Gasteiger partial charge is 0.481 e. The minimum absolute atomic E-state index is 0.0152. The third-order valence-corrected chi connectivity index (χ3v) is 6.17. The van der Waals surface area contributed by atoms with Crippen molar-refractivity contribution in [3.63, 3.8) is 0 Å². The number of nitrogens with zero attached hydrogens (tertiary/aromatic N) is 4. The molecule has 0 aliphatic carbocycles. The fourth-order valence-corrected chi connectivity index (χ4v) is 4.31. The Morgan fingerprint density at radius 2 is 2.00 bits per heavy atom. The van der Waals surface area contributed by atoms with Crippen LogP contribution in [0.1, 0.15) is 6.42 Å².